The molecule has 0 aromatic heterocycles. The Hall–Kier alpha value is -2.74. The van der Waals surface area contributed by atoms with E-state index in [2.05, 4.69) is 5.32 Å². The first-order valence-electron chi connectivity index (χ1n) is 6.77. The molecule has 4 nitrogen and oxygen atoms in total. The molecular formula is C17H17FN2O2. The van der Waals surface area contributed by atoms with Crippen LogP contribution in [-0.2, 0) is 0 Å². The Balaban J connectivity index is 2.22. The number of hydrogen-bond donors (Lipinski definition) is 1. The molecule has 5 heteroatoms. The standard InChI is InChI=1S/C17H17FN2O2/c1-11(13-5-7-16(21-2)17(9-13)22-3)20-15-6-4-12(10-19)8-14(15)18/h4-9,11,20H,1-3H3. The minimum atomic E-state index is -0.452. The number of benzene rings is 2. The highest BCUT2D eigenvalue weighted by atomic mass is 19.1. The van der Waals surface area contributed by atoms with Gasteiger partial charge >= 0.3 is 0 Å². The van der Waals surface area contributed by atoms with Crippen LogP contribution < -0.4 is 14.8 Å². The number of nitrogens with one attached hydrogen (secondary N) is 1. The smallest absolute Gasteiger partial charge is 0.161 e. The van der Waals surface area contributed by atoms with Crippen molar-refractivity contribution in [1.82, 2.24) is 0 Å². The van der Waals surface area contributed by atoms with Gasteiger partial charge in [0.05, 0.1) is 31.5 Å². The third kappa shape index (κ3) is 3.29. The summed E-state index contributed by atoms with van der Waals surface area (Å²) < 4.78 is 24.4. The zero-order valence-corrected chi connectivity index (χ0v) is 12.7. The summed E-state index contributed by atoms with van der Waals surface area (Å²) >= 11 is 0. The van der Waals surface area contributed by atoms with E-state index in [1.54, 1.807) is 26.4 Å². The number of ether oxygens (including phenoxy) is 2. The van der Waals surface area contributed by atoms with Crippen molar-refractivity contribution in [3.05, 3.63) is 53.3 Å². The predicted octanol–water partition coefficient (Wildman–Crippen LogP) is 3.89. The average molecular weight is 300 g/mol. The maximum absolute atomic E-state index is 13.9. The van der Waals surface area contributed by atoms with Crippen LogP contribution in [0.3, 0.4) is 0 Å². The van der Waals surface area contributed by atoms with Gasteiger partial charge in [-0.05, 0) is 42.8 Å². The largest absolute Gasteiger partial charge is 0.493 e. The lowest BCUT2D eigenvalue weighted by molar-refractivity contribution is 0.354. The molecule has 0 aliphatic rings. The van der Waals surface area contributed by atoms with E-state index in [4.69, 9.17) is 14.7 Å². The zero-order chi connectivity index (χ0) is 16.1. The van der Waals surface area contributed by atoms with Gasteiger partial charge in [0.2, 0.25) is 0 Å². The highest BCUT2D eigenvalue weighted by Gasteiger charge is 2.12. The summed E-state index contributed by atoms with van der Waals surface area (Å²) in [5.41, 5.74) is 1.57. The molecule has 0 bridgehead atoms. The van der Waals surface area contributed by atoms with Gasteiger partial charge in [-0.1, -0.05) is 6.07 Å². The summed E-state index contributed by atoms with van der Waals surface area (Å²) in [5.74, 6) is 0.809. The van der Waals surface area contributed by atoms with Crippen LogP contribution in [0.25, 0.3) is 0 Å². The van der Waals surface area contributed by atoms with Crippen molar-refractivity contribution in [1.29, 1.82) is 5.26 Å². The van der Waals surface area contributed by atoms with E-state index in [9.17, 15) is 4.39 Å². The summed E-state index contributed by atoms with van der Waals surface area (Å²) in [4.78, 5) is 0. The molecule has 114 valence electrons. The average Bonchev–Trinajstić information content (AvgIpc) is 2.55. The van der Waals surface area contributed by atoms with Crippen LogP contribution in [0.2, 0.25) is 0 Å². The number of anilines is 1. The summed E-state index contributed by atoms with van der Waals surface area (Å²) in [6.07, 6.45) is 0. The Kier molecular flexibility index (Phi) is 4.84. The number of methoxy groups -OCH3 is 2. The molecule has 0 amide bonds. The lowest BCUT2D eigenvalue weighted by Gasteiger charge is -2.18. The fourth-order valence-electron chi connectivity index (χ4n) is 2.14. The Morgan fingerprint density at radius 1 is 1.09 bits per heavy atom. The summed E-state index contributed by atoms with van der Waals surface area (Å²) in [7, 11) is 3.14. The molecule has 2 rings (SSSR count). The van der Waals surface area contributed by atoms with Crippen molar-refractivity contribution in [3.8, 4) is 17.6 Å². The Morgan fingerprint density at radius 2 is 1.82 bits per heavy atom. The maximum atomic E-state index is 13.9. The fraction of sp³-hybridized carbons (Fsp3) is 0.235. The zero-order valence-electron chi connectivity index (χ0n) is 12.7. The van der Waals surface area contributed by atoms with E-state index in [-0.39, 0.29) is 6.04 Å². The van der Waals surface area contributed by atoms with Gasteiger partial charge in [-0.25, -0.2) is 4.39 Å². The van der Waals surface area contributed by atoms with Crippen LogP contribution in [0, 0.1) is 17.1 Å². The molecule has 22 heavy (non-hydrogen) atoms. The minimum Gasteiger partial charge on any atom is -0.493 e. The van der Waals surface area contributed by atoms with Crippen LogP contribution in [0.15, 0.2) is 36.4 Å². The predicted molar refractivity (Wildman–Crippen MR) is 82.7 cm³/mol. The van der Waals surface area contributed by atoms with Crippen molar-refractivity contribution < 1.29 is 13.9 Å². The normalized spacial score (nSPS) is 11.4. The second kappa shape index (κ2) is 6.81. The highest BCUT2D eigenvalue weighted by Crippen LogP contribution is 2.31. The van der Waals surface area contributed by atoms with E-state index in [1.807, 2.05) is 31.2 Å². The SMILES string of the molecule is COc1ccc(C(C)Nc2ccc(C#N)cc2F)cc1OC. The topological polar surface area (TPSA) is 54.3 Å². The van der Waals surface area contributed by atoms with E-state index in [0.29, 0.717) is 22.7 Å². The van der Waals surface area contributed by atoms with Gasteiger partial charge in [0.25, 0.3) is 0 Å². The fourth-order valence-corrected chi connectivity index (χ4v) is 2.14. The minimum absolute atomic E-state index is 0.137. The van der Waals surface area contributed by atoms with Crippen LogP contribution in [0.1, 0.15) is 24.1 Å². The van der Waals surface area contributed by atoms with Crippen molar-refractivity contribution in [2.45, 2.75) is 13.0 Å². The number of rotatable bonds is 5. The molecule has 1 atom stereocenters. The van der Waals surface area contributed by atoms with E-state index in [0.717, 1.165) is 5.56 Å². The molecule has 0 heterocycles. The second-order valence-electron chi connectivity index (χ2n) is 4.79. The third-order valence-electron chi connectivity index (χ3n) is 3.38. The molecular weight excluding hydrogens is 283 g/mol. The van der Waals surface area contributed by atoms with Crippen LogP contribution in [-0.4, -0.2) is 14.2 Å². The molecule has 0 spiro atoms. The summed E-state index contributed by atoms with van der Waals surface area (Å²) in [6.45, 7) is 1.92. The van der Waals surface area contributed by atoms with Crippen molar-refractivity contribution in [3.63, 3.8) is 0 Å². The number of nitrogens with zero attached hydrogens (tertiary/aromatic N) is 1. The molecule has 0 radical (unpaired) electrons. The van der Waals surface area contributed by atoms with Crippen molar-refractivity contribution in [2.75, 3.05) is 19.5 Å². The molecule has 0 fully saturated rings. The van der Waals surface area contributed by atoms with Gasteiger partial charge in [-0.3, -0.25) is 0 Å². The lowest BCUT2D eigenvalue weighted by atomic mass is 10.1. The quantitative estimate of drug-likeness (QED) is 0.910. The van der Waals surface area contributed by atoms with Gasteiger partial charge in [-0.15, -0.1) is 0 Å². The van der Waals surface area contributed by atoms with Crippen molar-refractivity contribution >= 4 is 5.69 Å². The van der Waals surface area contributed by atoms with Gasteiger partial charge < -0.3 is 14.8 Å². The second-order valence-corrected chi connectivity index (χ2v) is 4.79. The first kappa shape index (κ1) is 15.6. The van der Waals surface area contributed by atoms with Gasteiger partial charge in [0.15, 0.2) is 11.5 Å². The molecule has 1 unspecified atom stereocenters. The molecule has 0 saturated heterocycles. The third-order valence-corrected chi connectivity index (χ3v) is 3.38. The first-order chi connectivity index (χ1) is 10.6. The number of nitriles is 1. The summed E-state index contributed by atoms with van der Waals surface area (Å²) in [6, 6.07) is 11.7. The van der Waals surface area contributed by atoms with Gasteiger partial charge in [0.1, 0.15) is 5.82 Å². The number of hydrogen-bond acceptors (Lipinski definition) is 4. The van der Waals surface area contributed by atoms with Crippen LogP contribution in [0.4, 0.5) is 10.1 Å². The maximum Gasteiger partial charge on any atom is 0.161 e. The molecule has 1 N–H and O–H groups in total. The monoisotopic (exact) mass is 300 g/mol. The molecule has 2 aromatic carbocycles. The Morgan fingerprint density at radius 3 is 2.41 bits per heavy atom. The van der Waals surface area contributed by atoms with Crippen LogP contribution >= 0.6 is 0 Å². The van der Waals surface area contributed by atoms with E-state index >= 15 is 0 Å². The first-order valence-corrected chi connectivity index (χ1v) is 6.77. The van der Waals surface area contributed by atoms with E-state index < -0.39 is 5.82 Å². The van der Waals surface area contributed by atoms with Gasteiger partial charge in [-0.2, -0.15) is 5.26 Å². The highest BCUT2D eigenvalue weighted by molar-refractivity contribution is 5.51. The molecule has 0 aliphatic carbocycles. The lowest BCUT2D eigenvalue weighted by Crippen LogP contribution is -2.08. The summed E-state index contributed by atoms with van der Waals surface area (Å²) in [5, 5.41) is 11.8. The molecule has 0 aliphatic heterocycles. The Bertz CT molecular complexity index is 710. The molecule has 2 aromatic rings. The molecule has 0 saturated carbocycles. The van der Waals surface area contributed by atoms with E-state index in [1.165, 1.54) is 6.07 Å². The van der Waals surface area contributed by atoms with Crippen LogP contribution in [0.5, 0.6) is 11.5 Å². The Labute approximate surface area is 129 Å². The number of halogens is 1. The van der Waals surface area contributed by atoms with Crippen molar-refractivity contribution in [2.24, 2.45) is 0 Å². The van der Waals surface area contributed by atoms with Gasteiger partial charge in [0, 0.05) is 6.04 Å².